The van der Waals surface area contributed by atoms with Gasteiger partial charge in [-0.3, -0.25) is 4.79 Å². The van der Waals surface area contributed by atoms with Crippen molar-refractivity contribution in [1.29, 1.82) is 0 Å². The maximum absolute atomic E-state index is 13.1. The number of aryl methyl sites for hydroxylation is 1. The van der Waals surface area contributed by atoms with Gasteiger partial charge in [0.25, 0.3) is 5.91 Å². The Hall–Kier alpha value is -2.56. The van der Waals surface area contributed by atoms with Crippen molar-refractivity contribution in [2.45, 2.75) is 6.92 Å². The Balaban J connectivity index is 2.34. The van der Waals surface area contributed by atoms with Gasteiger partial charge in [-0.25, -0.2) is 4.39 Å². The fourth-order valence-electron chi connectivity index (χ4n) is 1.67. The summed E-state index contributed by atoms with van der Waals surface area (Å²) in [5, 5.41) is 21.6. The number of carbonyl (C=O) groups excluding carboxylic acids is 1. The topological polar surface area (TPSA) is 69.6 Å². The van der Waals surface area contributed by atoms with Crippen LogP contribution in [0.1, 0.15) is 15.9 Å². The Morgan fingerprint density at radius 2 is 1.79 bits per heavy atom. The molecule has 0 atom stereocenters. The fraction of sp³-hybridized carbons (Fsp3) is 0.0714. The number of phenols is 2. The van der Waals surface area contributed by atoms with Crippen LogP contribution in [0.5, 0.6) is 11.5 Å². The van der Waals surface area contributed by atoms with Gasteiger partial charge >= 0.3 is 0 Å². The van der Waals surface area contributed by atoms with E-state index in [0.29, 0.717) is 5.56 Å². The molecule has 0 aliphatic rings. The summed E-state index contributed by atoms with van der Waals surface area (Å²) in [4.78, 5) is 12.0. The van der Waals surface area contributed by atoms with E-state index in [1.807, 2.05) is 0 Å². The van der Waals surface area contributed by atoms with Crippen LogP contribution in [-0.4, -0.2) is 16.1 Å². The SMILES string of the molecule is Cc1ccc(F)cc1NC(=O)c1c(O)cccc1O. The van der Waals surface area contributed by atoms with Gasteiger partial charge in [-0.1, -0.05) is 12.1 Å². The van der Waals surface area contributed by atoms with Crippen LogP contribution in [0.2, 0.25) is 0 Å². The van der Waals surface area contributed by atoms with Crippen molar-refractivity contribution in [1.82, 2.24) is 0 Å². The number of anilines is 1. The standard InChI is InChI=1S/C14H12FNO3/c1-8-5-6-9(15)7-10(8)16-14(19)13-11(17)3-2-4-12(13)18/h2-7,17-18H,1H3,(H,16,19). The van der Waals surface area contributed by atoms with Crippen molar-refractivity contribution < 1.29 is 19.4 Å². The summed E-state index contributed by atoms with van der Waals surface area (Å²) in [7, 11) is 0. The molecule has 0 aliphatic heterocycles. The summed E-state index contributed by atoms with van der Waals surface area (Å²) in [5.74, 6) is -1.87. The smallest absolute Gasteiger partial charge is 0.263 e. The van der Waals surface area contributed by atoms with Crippen LogP contribution in [0.15, 0.2) is 36.4 Å². The minimum atomic E-state index is -0.704. The maximum atomic E-state index is 13.1. The van der Waals surface area contributed by atoms with Crippen LogP contribution in [0.4, 0.5) is 10.1 Å². The zero-order valence-electron chi connectivity index (χ0n) is 10.1. The summed E-state index contributed by atoms with van der Waals surface area (Å²) in [6, 6.07) is 7.96. The monoisotopic (exact) mass is 261 g/mol. The average molecular weight is 261 g/mol. The first-order valence-electron chi connectivity index (χ1n) is 5.57. The van der Waals surface area contributed by atoms with Crippen molar-refractivity contribution in [3.63, 3.8) is 0 Å². The molecule has 0 heterocycles. The highest BCUT2D eigenvalue weighted by Crippen LogP contribution is 2.27. The number of hydrogen-bond acceptors (Lipinski definition) is 3. The second-order valence-corrected chi connectivity index (χ2v) is 4.08. The lowest BCUT2D eigenvalue weighted by Gasteiger charge is -2.10. The molecular formula is C14H12FNO3. The molecule has 0 saturated heterocycles. The molecule has 0 aromatic heterocycles. The highest BCUT2D eigenvalue weighted by Gasteiger charge is 2.16. The second-order valence-electron chi connectivity index (χ2n) is 4.08. The van der Waals surface area contributed by atoms with Crippen LogP contribution in [-0.2, 0) is 0 Å². The normalized spacial score (nSPS) is 10.2. The number of nitrogens with one attached hydrogen (secondary N) is 1. The third-order valence-corrected chi connectivity index (χ3v) is 2.70. The van der Waals surface area contributed by atoms with E-state index >= 15 is 0 Å². The van der Waals surface area contributed by atoms with E-state index in [4.69, 9.17) is 0 Å². The minimum absolute atomic E-state index is 0.244. The number of amides is 1. The van der Waals surface area contributed by atoms with E-state index in [-0.39, 0.29) is 22.7 Å². The average Bonchev–Trinajstić information content (AvgIpc) is 2.33. The predicted molar refractivity (Wildman–Crippen MR) is 68.9 cm³/mol. The molecule has 2 aromatic rings. The Bertz CT molecular complexity index is 620. The van der Waals surface area contributed by atoms with Crippen LogP contribution < -0.4 is 5.32 Å². The van der Waals surface area contributed by atoms with Gasteiger partial charge in [0, 0.05) is 5.69 Å². The molecule has 0 unspecified atom stereocenters. The molecule has 0 radical (unpaired) electrons. The van der Waals surface area contributed by atoms with Gasteiger partial charge in [-0.2, -0.15) is 0 Å². The first-order valence-corrected chi connectivity index (χ1v) is 5.57. The van der Waals surface area contributed by atoms with E-state index in [1.54, 1.807) is 6.92 Å². The number of aromatic hydroxyl groups is 2. The van der Waals surface area contributed by atoms with Crippen molar-refractivity contribution in [2.24, 2.45) is 0 Å². The predicted octanol–water partition coefficient (Wildman–Crippen LogP) is 2.80. The summed E-state index contributed by atoms with van der Waals surface area (Å²) in [6.07, 6.45) is 0. The Morgan fingerprint density at radius 1 is 1.16 bits per heavy atom. The molecule has 0 saturated carbocycles. The van der Waals surface area contributed by atoms with Crippen molar-refractivity contribution in [2.75, 3.05) is 5.32 Å². The fourth-order valence-corrected chi connectivity index (χ4v) is 1.67. The zero-order valence-corrected chi connectivity index (χ0v) is 10.1. The first kappa shape index (κ1) is 12.9. The van der Waals surface area contributed by atoms with E-state index in [2.05, 4.69) is 5.32 Å². The lowest BCUT2D eigenvalue weighted by molar-refractivity contribution is 0.102. The third-order valence-electron chi connectivity index (χ3n) is 2.70. The van der Waals surface area contributed by atoms with Gasteiger partial charge in [-0.05, 0) is 36.8 Å². The van der Waals surface area contributed by atoms with E-state index in [0.717, 1.165) is 0 Å². The number of rotatable bonds is 2. The highest BCUT2D eigenvalue weighted by molar-refractivity contribution is 6.08. The summed E-state index contributed by atoms with van der Waals surface area (Å²) in [5.41, 5.74) is 0.712. The molecule has 4 nitrogen and oxygen atoms in total. The molecule has 3 N–H and O–H groups in total. The maximum Gasteiger partial charge on any atom is 0.263 e. The minimum Gasteiger partial charge on any atom is -0.507 e. The van der Waals surface area contributed by atoms with Gasteiger partial charge in [-0.15, -0.1) is 0 Å². The number of benzene rings is 2. The Kier molecular flexibility index (Phi) is 3.37. The van der Waals surface area contributed by atoms with Crippen LogP contribution in [0.3, 0.4) is 0 Å². The molecule has 2 aromatic carbocycles. The van der Waals surface area contributed by atoms with E-state index in [9.17, 15) is 19.4 Å². The third kappa shape index (κ3) is 2.65. The lowest BCUT2D eigenvalue weighted by atomic mass is 10.1. The highest BCUT2D eigenvalue weighted by atomic mass is 19.1. The molecule has 0 bridgehead atoms. The molecule has 98 valence electrons. The Labute approximate surface area is 109 Å². The summed E-state index contributed by atoms with van der Waals surface area (Å²) >= 11 is 0. The van der Waals surface area contributed by atoms with Crippen LogP contribution in [0, 0.1) is 12.7 Å². The quantitative estimate of drug-likeness (QED) is 0.778. The van der Waals surface area contributed by atoms with Crippen molar-refractivity contribution in [3.8, 4) is 11.5 Å². The molecule has 0 spiro atoms. The largest absolute Gasteiger partial charge is 0.507 e. The number of halogens is 1. The van der Waals surface area contributed by atoms with Gasteiger partial charge in [0.1, 0.15) is 22.9 Å². The zero-order chi connectivity index (χ0) is 14.0. The van der Waals surface area contributed by atoms with E-state index in [1.165, 1.54) is 36.4 Å². The van der Waals surface area contributed by atoms with Crippen molar-refractivity contribution in [3.05, 3.63) is 53.3 Å². The van der Waals surface area contributed by atoms with Gasteiger partial charge in [0.2, 0.25) is 0 Å². The molecule has 19 heavy (non-hydrogen) atoms. The first-order chi connectivity index (χ1) is 8.99. The van der Waals surface area contributed by atoms with Crippen LogP contribution in [0.25, 0.3) is 0 Å². The molecule has 5 heteroatoms. The molecular weight excluding hydrogens is 249 g/mol. The van der Waals surface area contributed by atoms with Crippen molar-refractivity contribution >= 4 is 11.6 Å². The molecule has 2 rings (SSSR count). The molecule has 0 fully saturated rings. The van der Waals surface area contributed by atoms with Gasteiger partial charge in [0.05, 0.1) is 0 Å². The lowest BCUT2D eigenvalue weighted by Crippen LogP contribution is -2.13. The molecule has 0 aliphatic carbocycles. The molecule has 1 amide bonds. The van der Waals surface area contributed by atoms with Crippen LogP contribution >= 0.6 is 0 Å². The number of hydrogen-bond donors (Lipinski definition) is 3. The summed E-state index contributed by atoms with van der Waals surface area (Å²) < 4.78 is 13.1. The van der Waals surface area contributed by atoms with Gasteiger partial charge in [0.15, 0.2) is 0 Å². The second kappa shape index (κ2) is 4.97. The van der Waals surface area contributed by atoms with E-state index < -0.39 is 11.7 Å². The Morgan fingerprint density at radius 3 is 2.42 bits per heavy atom. The summed E-state index contributed by atoms with van der Waals surface area (Å²) in [6.45, 7) is 1.71. The number of carbonyl (C=O) groups is 1. The number of phenolic OH excluding ortho intramolecular Hbond substituents is 2. The van der Waals surface area contributed by atoms with Gasteiger partial charge < -0.3 is 15.5 Å².